The molecule has 0 spiro atoms. The molecule has 1 fully saturated rings. The van der Waals surface area contributed by atoms with Crippen molar-refractivity contribution in [3.8, 4) is 0 Å². The highest BCUT2D eigenvalue weighted by Crippen LogP contribution is 2.27. The lowest BCUT2D eigenvalue weighted by atomic mass is 9.83. The van der Waals surface area contributed by atoms with Gasteiger partial charge >= 0.3 is 0 Å². The first kappa shape index (κ1) is 12.5. The molecule has 0 saturated heterocycles. The first-order valence-corrected chi connectivity index (χ1v) is 5.99. The fraction of sp³-hybridized carbons (Fsp3) is 0.917. The molecule has 0 unspecified atom stereocenters. The van der Waals surface area contributed by atoms with Crippen LogP contribution in [0.1, 0.15) is 45.4 Å². The SMILES string of the molecule is CN(C)C(=O)CCNC1(C)CCCCC1. The number of hydrogen-bond donors (Lipinski definition) is 1. The fourth-order valence-corrected chi connectivity index (χ4v) is 2.20. The van der Waals surface area contributed by atoms with Crippen LogP contribution in [0.2, 0.25) is 0 Å². The summed E-state index contributed by atoms with van der Waals surface area (Å²) >= 11 is 0. The van der Waals surface area contributed by atoms with Crippen molar-refractivity contribution in [2.24, 2.45) is 0 Å². The van der Waals surface area contributed by atoms with E-state index < -0.39 is 0 Å². The lowest BCUT2D eigenvalue weighted by Gasteiger charge is -2.34. The molecular formula is C12H24N2O. The Hall–Kier alpha value is -0.570. The van der Waals surface area contributed by atoms with E-state index in [0.29, 0.717) is 6.42 Å². The van der Waals surface area contributed by atoms with E-state index in [9.17, 15) is 4.79 Å². The van der Waals surface area contributed by atoms with Crippen molar-refractivity contribution in [3.63, 3.8) is 0 Å². The molecule has 0 atom stereocenters. The summed E-state index contributed by atoms with van der Waals surface area (Å²) in [6.07, 6.45) is 7.14. The number of amides is 1. The third-order valence-corrected chi connectivity index (χ3v) is 3.35. The Morgan fingerprint density at radius 3 is 2.40 bits per heavy atom. The Labute approximate surface area is 93.2 Å². The van der Waals surface area contributed by atoms with Crippen LogP contribution in [0, 0.1) is 0 Å². The molecule has 0 bridgehead atoms. The Morgan fingerprint density at radius 1 is 1.27 bits per heavy atom. The second-order valence-corrected chi connectivity index (χ2v) is 5.09. The average Bonchev–Trinajstić information content (AvgIpc) is 2.18. The maximum absolute atomic E-state index is 11.4. The highest BCUT2D eigenvalue weighted by molar-refractivity contribution is 5.75. The van der Waals surface area contributed by atoms with Crippen molar-refractivity contribution in [2.45, 2.75) is 51.0 Å². The third kappa shape index (κ3) is 4.20. The van der Waals surface area contributed by atoms with Crippen molar-refractivity contribution in [1.29, 1.82) is 0 Å². The van der Waals surface area contributed by atoms with Crippen molar-refractivity contribution in [3.05, 3.63) is 0 Å². The Bertz CT molecular complexity index is 208. The van der Waals surface area contributed by atoms with Gasteiger partial charge in [-0.15, -0.1) is 0 Å². The van der Waals surface area contributed by atoms with Gasteiger partial charge in [-0.1, -0.05) is 19.3 Å². The maximum Gasteiger partial charge on any atom is 0.223 e. The predicted octanol–water partition coefficient (Wildman–Crippen LogP) is 1.78. The lowest BCUT2D eigenvalue weighted by molar-refractivity contribution is -0.128. The minimum Gasteiger partial charge on any atom is -0.349 e. The summed E-state index contributed by atoms with van der Waals surface area (Å²) in [5.74, 6) is 0.210. The van der Waals surface area contributed by atoms with Crippen LogP contribution < -0.4 is 5.32 Å². The molecule has 88 valence electrons. The molecule has 0 aromatic heterocycles. The Morgan fingerprint density at radius 2 is 1.87 bits per heavy atom. The largest absolute Gasteiger partial charge is 0.349 e. The van der Waals surface area contributed by atoms with Gasteiger partial charge in [0, 0.05) is 32.6 Å². The fourth-order valence-electron chi connectivity index (χ4n) is 2.20. The van der Waals surface area contributed by atoms with Crippen LogP contribution in [0.25, 0.3) is 0 Å². The van der Waals surface area contributed by atoms with Gasteiger partial charge in [0.2, 0.25) is 5.91 Å². The smallest absolute Gasteiger partial charge is 0.223 e. The van der Waals surface area contributed by atoms with Gasteiger partial charge in [-0.05, 0) is 19.8 Å². The number of carbonyl (C=O) groups is 1. The third-order valence-electron chi connectivity index (χ3n) is 3.35. The van der Waals surface area contributed by atoms with E-state index >= 15 is 0 Å². The van der Waals surface area contributed by atoms with E-state index in [1.54, 1.807) is 4.90 Å². The van der Waals surface area contributed by atoms with Crippen LogP contribution in [0.5, 0.6) is 0 Å². The summed E-state index contributed by atoms with van der Waals surface area (Å²) in [6.45, 7) is 3.10. The average molecular weight is 212 g/mol. The molecule has 3 heteroatoms. The Kier molecular flexibility index (Phi) is 4.58. The number of nitrogens with one attached hydrogen (secondary N) is 1. The van der Waals surface area contributed by atoms with Gasteiger partial charge < -0.3 is 10.2 Å². The van der Waals surface area contributed by atoms with Gasteiger partial charge in [0.05, 0.1) is 0 Å². The molecule has 1 N–H and O–H groups in total. The van der Waals surface area contributed by atoms with Crippen LogP contribution in [0.4, 0.5) is 0 Å². The summed E-state index contributed by atoms with van der Waals surface area (Å²) in [4.78, 5) is 13.0. The van der Waals surface area contributed by atoms with E-state index in [1.165, 1.54) is 32.1 Å². The van der Waals surface area contributed by atoms with Gasteiger partial charge in [0.1, 0.15) is 0 Å². The molecule has 3 nitrogen and oxygen atoms in total. The van der Waals surface area contributed by atoms with Crippen LogP contribution >= 0.6 is 0 Å². The van der Waals surface area contributed by atoms with Crippen LogP contribution in [-0.2, 0) is 4.79 Å². The maximum atomic E-state index is 11.4. The van der Waals surface area contributed by atoms with E-state index in [4.69, 9.17) is 0 Å². The second kappa shape index (κ2) is 5.50. The summed E-state index contributed by atoms with van der Waals surface area (Å²) < 4.78 is 0. The van der Waals surface area contributed by atoms with E-state index in [0.717, 1.165) is 6.54 Å². The van der Waals surface area contributed by atoms with Gasteiger partial charge in [0.15, 0.2) is 0 Å². The molecule has 15 heavy (non-hydrogen) atoms. The number of nitrogens with zero attached hydrogens (tertiary/aromatic N) is 1. The zero-order valence-electron chi connectivity index (χ0n) is 10.3. The van der Waals surface area contributed by atoms with Gasteiger partial charge in [-0.2, -0.15) is 0 Å². The number of hydrogen-bond acceptors (Lipinski definition) is 2. The first-order valence-electron chi connectivity index (χ1n) is 5.99. The zero-order chi connectivity index (χ0) is 11.3. The highest BCUT2D eigenvalue weighted by Gasteiger charge is 2.25. The van der Waals surface area contributed by atoms with Crippen molar-refractivity contribution >= 4 is 5.91 Å². The molecule has 0 aromatic rings. The van der Waals surface area contributed by atoms with Crippen LogP contribution in [0.3, 0.4) is 0 Å². The van der Waals surface area contributed by atoms with Gasteiger partial charge in [0.25, 0.3) is 0 Å². The minimum atomic E-state index is 0.210. The normalized spacial score (nSPS) is 19.9. The molecule has 1 saturated carbocycles. The number of carbonyl (C=O) groups excluding carboxylic acids is 1. The van der Waals surface area contributed by atoms with E-state index in [2.05, 4.69) is 12.2 Å². The minimum absolute atomic E-state index is 0.210. The Balaban J connectivity index is 2.21. The highest BCUT2D eigenvalue weighted by atomic mass is 16.2. The summed E-state index contributed by atoms with van der Waals surface area (Å²) in [5, 5.41) is 3.54. The van der Waals surface area contributed by atoms with Crippen molar-refractivity contribution < 1.29 is 4.79 Å². The monoisotopic (exact) mass is 212 g/mol. The zero-order valence-corrected chi connectivity index (χ0v) is 10.3. The molecule has 1 aliphatic rings. The molecule has 1 aliphatic carbocycles. The topological polar surface area (TPSA) is 32.3 Å². The first-order chi connectivity index (χ1) is 7.03. The standard InChI is InChI=1S/C12H24N2O/c1-12(8-5-4-6-9-12)13-10-7-11(15)14(2)3/h13H,4-10H2,1-3H3. The quantitative estimate of drug-likeness (QED) is 0.770. The van der Waals surface area contributed by atoms with Gasteiger partial charge in [-0.25, -0.2) is 0 Å². The molecule has 0 heterocycles. The van der Waals surface area contributed by atoms with Crippen molar-refractivity contribution in [1.82, 2.24) is 10.2 Å². The predicted molar refractivity (Wildman–Crippen MR) is 62.8 cm³/mol. The molecule has 0 aromatic carbocycles. The van der Waals surface area contributed by atoms with Gasteiger partial charge in [-0.3, -0.25) is 4.79 Å². The van der Waals surface area contributed by atoms with Crippen LogP contribution in [0.15, 0.2) is 0 Å². The summed E-state index contributed by atoms with van der Waals surface area (Å²) in [6, 6.07) is 0. The summed E-state index contributed by atoms with van der Waals surface area (Å²) in [5.41, 5.74) is 0.283. The lowest BCUT2D eigenvalue weighted by Crippen LogP contribution is -2.45. The molecule has 1 rings (SSSR count). The van der Waals surface area contributed by atoms with Crippen molar-refractivity contribution in [2.75, 3.05) is 20.6 Å². The molecule has 1 amide bonds. The van der Waals surface area contributed by atoms with E-state index in [-0.39, 0.29) is 11.4 Å². The van der Waals surface area contributed by atoms with Crippen LogP contribution in [-0.4, -0.2) is 37.0 Å². The summed E-state index contributed by atoms with van der Waals surface area (Å²) in [7, 11) is 3.62. The number of rotatable bonds is 4. The molecule has 0 radical (unpaired) electrons. The molecular weight excluding hydrogens is 188 g/mol. The van der Waals surface area contributed by atoms with E-state index in [1.807, 2.05) is 14.1 Å². The second-order valence-electron chi connectivity index (χ2n) is 5.09. The molecule has 0 aliphatic heterocycles.